The van der Waals surface area contributed by atoms with Gasteiger partial charge in [0.15, 0.2) is 5.78 Å². The second-order valence-corrected chi connectivity index (χ2v) is 5.20. The van der Waals surface area contributed by atoms with E-state index in [1.807, 2.05) is 0 Å². The van der Waals surface area contributed by atoms with E-state index < -0.39 is 17.0 Å². The standard InChI is InChI=1S/C14H12Cl2N2O3/c1-2-17-6-5-13(20)18(14(17)21)8-12(19)10-4-3-9(15)7-11(10)16/h3-7H,2,8H2,1H3. The number of carbonyl (C=O) groups excluding carboxylic acids is 1. The van der Waals surface area contributed by atoms with Crippen LogP contribution >= 0.6 is 23.2 Å². The molecule has 0 radical (unpaired) electrons. The summed E-state index contributed by atoms with van der Waals surface area (Å²) < 4.78 is 2.23. The molecule has 0 fully saturated rings. The van der Waals surface area contributed by atoms with Gasteiger partial charge in [-0.15, -0.1) is 0 Å². The Balaban J connectivity index is 2.41. The van der Waals surface area contributed by atoms with Crippen LogP contribution in [-0.4, -0.2) is 14.9 Å². The number of hydrogen-bond acceptors (Lipinski definition) is 3. The van der Waals surface area contributed by atoms with Crippen molar-refractivity contribution < 1.29 is 4.79 Å². The molecule has 2 aromatic rings. The van der Waals surface area contributed by atoms with Crippen LogP contribution in [0, 0.1) is 0 Å². The quantitative estimate of drug-likeness (QED) is 0.809. The SMILES string of the molecule is CCn1ccc(=O)n(CC(=O)c2ccc(Cl)cc2Cl)c1=O. The van der Waals surface area contributed by atoms with Gasteiger partial charge in [0.2, 0.25) is 0 Å². The molecule has 0 saturated carbocycles. The molecular weight excluding hydrogens is 315 g/mol. The van der Waals surface area contributed by atoms with Gasteiger partial charge in [-0.1, -0.05) is 23.2 Å². The van der Waals surface area contributed by atoms with Crippen LogP contribution in [0.25, 0.3) is 0 Å². The lowest BCUT2D eigenvalue weighted by atomic mass is 10.1. The van der Waals surface area contributed by atoms with Gasteiger partial charge < -0.3 is 4.57 Å². The normalized spacial score (nSPS) is 10.6. The molecule has 5 nitrogen and oxygen atoms in total. The number of benzene rings is 1. The van der Waals surface area contributed by atoms with Gasteiger partial charge in [0.05, 0.1) is 11.6 Å². The maximum atomic E-state index is 12.2. The van der Waals surface area contributed by atoms with Crippen molar-refractivity contribution in [2.24, 2.45) is 0 Å². The average molecular weight is 327 g/mol. The average Bonchev–Trinajstić information content (AvgIpc) is 2.43. The van der Waals surface area contributed by atoms with Gasteiger partial charge in [0, 0.05) is 29.4 Å². The Morgan fingerprint density at radius 1 is 1.19 bits per heavy atom. The Labute approximate surface area is 130 Å². The van der Waals surface area contributed by atoms with Gasteiger partial charge >= 0.3 is 5.69 Å². The van der Waals surface area contributed by atoms with Gasteiger partial charge in [0.25, 0.3) is 5.56 Å². The lowest BCUT2D eigenvalue weighted by Gasteiger charge is -2.08. The van der Waals surface area contributed by atoms with Crippen molar-refractivity contribution in [1.29, 1.82) is 0 Å². The fraction of sp³-hybridized carbons (Fsp3) is 0.214. The minimum absolute atomic E-state index is 0.187. The third-order valence-corrected chi connectivity index (χ3v) is 3.56. The van der Waals surface area contributed by atoms with Gasteiger partial charge in [-0.25, -0.2) is 4.79 Å². The van der Waals surface area contributed by atoms with E-state index in [4.69, 9.17) is 23.2 Å². The summed E-state index contributed by atoms with van der Waals surface area (Å²) >= 11 is 11.7. The van der Waals surface area contributed by atoms with Gasteiger partial charge in [-0.05, 0) is 25.1 Å². The molecule has 0 N–H and O–H groups in total. The highest BCUT2D eigenvalue weighted by Gasteiger charge is 2.14. The van der Waals surface area contributed by atoms with Crippen LogP contribution in [0.4, 0.5) is 0 Å². The highest BCUT2D eigenvalue weighted by molar-refractivity contribution is 6.36. The van der Waals surface area contributed by atoms with E-state index in [-0.39, 0.29) is 17.1 Å². The summed E-state index contributed by atoms with van der Waals surface area (Å²) in [7, 11) is 0. The van der Waals surface area contributed by atoms with E-state index in [1.165, 1.54) is 35.0 Å². The third-order valence-electron chi connectivity index (χ3n) is 3.01. The molecule has 0 saturated heterocycles. The fourth-order valence-corrected chi connectivity index (χ4v) is 2.40. The van der Waals surface area contributed by atoms with Crippen molar-refractivity contribution in [2.75, 3.05) is 0 Å². The van der Waals surface area contributed by atoms with Gasteiger partial charge in [-0.3, -0.25) is 14.2 Å². The number of rotatable bonds is 4. The molecule has 1 heterocycles. The Kier molecular flexibility index (Phi) is 4.65. The summed E-state index contributed by atoms with van der Waals surface area (Å²) in [4.78, 5) is 36.0. The van der Waals surface area contributed by atoms with Crippen LogP contribution in [0.15, 0.2) is 40.1 Å². The molecule has 0 bridgehead atoms. The lowest BCUT2D eigenvalue weighted by Crippen LogP contribution is -2.40. The topological polar surface area (TPSA) is 61.1 Å². The van der Waals surface area contributed by atoms with Crippen LogP contribution in [0.3, 0.4) is 0 Å². The smallest absolute Gasteiger partial charge is 0.301 e. The zero-order chi connectivity index (χ0) is 15.6. The zero-order valence-corrected chi connectivity index (χ0v) is 12.7. The first-order valence-electron chi connectivity index (χ1n) is 6.22. The number of aryl methyl sites for hydroxylation is 1. The Morgan fingerprint density at radius 2 is 1.90 bits per heavy atom. The number of Topliss-reactive ketones (excluding diaryl/α,β-unsaturated/α-hetero) is 1. The molecule has 2 rings (SSSR count). The number of halogens is 2. The van der Waals surface area contributed by atoms with Crippen molar-refractivity contribution in [1.82, 2.24) is 9.13 Å². The zero-order valence-electron chi connectivity index (χ0n) is 11.2. The number of aromatic nitrogens is 2. The highest BCUT2D eigenvalue weighted by atomic mass is 35.5. The monoisotopic (exact) mass is 326 g/mol. The number of ketones is 1. The number of hydrogen-bond donors (Lipinski definition) is 0. The predicted octanol–water partition coefficient (Wildman–Crippen LogP) is 2.22. The second kappa shape index (κ2) is 6.28. The summed E-state index contributed by atoms with van der Waals surface area (Å²) in [5.74, 6) is -0.426. The maximum absolute atomic E-state index is 12.2. The van der Waals surface area contributed by atoms with Gasteiger partial charge in [0.1, 0.15) is 0 Å². The van der Waals surface area contributed by atoms with Crippen LogP contribution in [0.5, 0.6) is 0 Å². The maximum Gasteiger partial charge on any atom is 0.331 e. The molecule has 0 atom stereocenters. The molecule has 7 heteroatoms. The molecule has 1 aromatic carbocycles. The van der Waals surface area contributed by atoms with Crippen LogP contribution in [0.2, 0.25) is 10.0 Å². The minimum atomic E-state index is -0.525. The molecule has 0 aliphatic heterocycles. The molecule has 1 aromatic heterocycles. The van der Waals surface area contributed by atoms with Gasteiger partial charge in [-0.2, -0.15) is 0 Å². The highest BCUT2D eigenvalue weighted by Crippen LogP contribution is 2.21. The molecule has 21 heavy (non-hydrogen) atoms. The summed E-state index contributed by atoms with van der Waals surface area (Å²) in [5, 5.41) is 0.592. The van der Waals surface area contributed by atoms with E-state index in [0.29, 0.717) is 11.6 Å². The molecule has 0 unspecified atom stereocenters. The van der Waals surface area contributed by atoms with Crippen molar-refractivity contribution in [2.45, 2.75) is 20.0 Å². The summed E-state index contributed by atoms with van der Waals surface area (Å²) in [6, 6.07) is 5.69. The van der Waals surface area contributed by atoms with E-state index in [2.05, 4.69) is 0 Å². The van der Waals surface area contributed by atoms with Crippen LogP contribution < -0.4 is 11.2 Å². The molecule has 0 spiro atoms. The summed E-state index contributed by atoms with van der Waals surface area (Å²) in [6.07, 6.45) is 1.40. The second-order valence-electron chi connectivity index (χ2n) is 4.36. The summed E-state index contributed by atoms with van der Waals surface area (Å²) in [5.41, 5.74) is -0.828. The number of carbonyl (C=O) groups is 1. The minimum Gasteiger partial charge on any atom is -0.301 e. The molecule has 0 aliphatic rings. The van der Waals surface area contributed by atoms with Crippen molar-refractivity contribution >= 4 is 29.0 Å². The van der Waals surface area contributed by atoms with Crippen molar-refractivity contribution in [3.8, 4) is 0 Å². The largest absolute Gasteiger partial charge is 0.331 e. The molecule has 110 valence electrons. The first-order valence-corrected chi connectivity index (χ1v) is 6.98. The third kappa shape index (κ3) is 3.25. The van der Waals surface area contributed by atoms with Crippen molar-refractivity contribution in [3.05, 3.63) is 66.9 Å². The first-order chi connectivity index (χ1) is 9.93. The molecule has 0 aliphatic carbocycles. The Bertz CT molecular complexity index is 809. The predicted molar refractivity (Wildman–Crippen MR) is 81.4 cm³/mol. The van der Waals surface area contributed by atoms with E-state index in [9.17, 15) is 14.4 Å². The van der Waals surface area contributed by atoms with E-state index in [0.717, 1.165) is 4.57 Å². The Morgan fingerprint density at radius 3 is 2.52 bits per heavy atom. The Hall–Kier alpha value is -1.85. The summed E-state index contributed by atoms with van der Waals surface area (Å²) in [6.45, 7) is 1.82. The van der Waals surface area contributed by atoms with E-state index in [1.54, 1.807) is 6.92 Å². The molecule has 0 amide bonds. The van der Waals surface area contributed by atoms with Crippen molar-refractivity contribution in [3.63, 3.8) is 0 Å². The van der Waals surface area contributed by atoms with E-state index >= 15 is 0 Å². The first kappa shape index (κ1) is 15.5. The van der Waals surface area contributed by atoms with Crippen LogP contribution in [-0.2, 0) is 13.1 Å². The lowest BCUT2D eigenvalue weighted by molar-refractivity contribution is 0.0968. The van der Waals surface area contributed by atoms with Crippen LogP contribution in [0.1, 0.15) is 17.3 Å². The molecular formula is C14H12Cl2N2O3. The fourth-order valence-electron chi connectivity index (χ4n) is 1.89. The number of nitrogens with zero attached hydrogens (tertiary/aromatic N) is 2.